The molecular weight excluding hydrogens is 167 g/mol. The molecular formula is C7H11FO2S. The van der Waals surface area contributed by atoms with Crippen LogP contribution in [0, 0.1) is 11.8 Å². The van der Waals surface area contributed by atoms with Crippen molar-refractivity contribution >= 4 is 17.7 Å². The highest BCUT2D eigenvalue weighted by Crippen LogP contribution is 2.32. The van der Waals surface area contributed by atoms with Crippen LogP contribution in [0.2, 0.25) is 0 Å². The van der Waals surface area contributed by atoms with E-state index >= 15 is 0 Å². The van der Waals surface area contributed by atoms with Crippen molar-refractivity contribution < 1.29 is 14.3 Å². The predicted molar refractivity (Wildman–Crippen MR) is 42.5 cm³/mol. The van der Waals surface area contributed by atoms with Crippen LogP contribution >= 0.6 is 11.8 Å². The second-order valence-electron chi connectivity index (χ2n) is 2.72. The first kappa shape index (κ1) is 8.84. The van der Waals surface area contributed by atoms with Gasteiger partial charge in [-0.05, 0) is 18.1 Å². The molecule has 0 aliphatic carbocycles. The summed E-state index contributed by atoms with van der Waals surface area (Å²) < 4.78 is 11.9. The van der Waals surface area contributed by atoms with E-state index in [-0.39, 0.29) is 11.8 Å². The van der Waals surface area contributed by atoms with Gasteiger partial charge in [0, 0.05) is 5.75 Å². The van der Waals surface area contributed by atoms with Gasteiger partial charge in [-0.3, -0.25) is 9.18 Å². The van der Waals surface area contributed by atoms with Gasteiger partial charge in [-0.1, -0.05) is 0 Å². The fourth-order valence-electron chi connectivity index (χ4n) is 1.30. The number of carboxylic acid groups (broad SMARTS) is 1. The van der Waals surface area contributed by atoms with Gasteiger partial charge >= 0.3 is 5.97 Å². The van der Waals surface area contributed by atoms with Gasteiger partial charge in [-0.15, -0.1) is 0 Å². The smallest absolute Gasteiger partial charge is 0.307 e. The van der Waals surface area contributed by atoms with Gasteiger partial charge in [0.2, 0.25) is 0 Å². The first-order valence-electron chi connectivity index (χ1n) is 3.62. The fourth-order valence-corrected chi connectivity index (χ4v) is 2.80. The number of halogens is 1. The monoisotopic (exact) mass is 178 g/mol. The normalized spacial score (nSPS) is 30.6. The Hall–Kier alpha value is -0.250. The Kier molecular flexibility index (Phi) is 3.17. The predicted octanol–water partition coefficient (Wildman–Crippen LogP) is 1.41. The summed E-state index contributed by atoms with van der Waals surface area (Å²) >= 11 is 1.61. The minimum Gasteiger partial charge on any atom is -0.481 e. The summed E-state index contributed by atoms with van der Waals surface area (Å²) in [6, 6.07) is 0. The van der Waals surface area contributed by atoms with E-state index in [9.17, 15) is 9.18 Å². The molecule has 2 atom stereocenters. The molecule has 1 aliphatic rings. The number of aliphatic carboxylic acids is 1. The molecule has 0 aromatic heterocycles. The molecule has 2 nitrogen and oxygen atoms in total. The van der Waals surface area contributed by atoms with E-state index in [1.54, 1.807) is 11.8 Å². The first-order valence-corrected chi connectivity index (χ1v) is 4.77. The van der Waals surface area contributed by atoms with Crippen LogP contribution in [-0.4, -0.2) is 29.3 Å². The molecule has 4 heteroatoms. The second kappa shape index (κ2) is 3.95. The summed E-state index contributed by atoms with van der Waals surface area (Å²) in [6.07, 6.45) is 0.407. The van der Waals surface area contributed by atoms with Crippen LogP contribution in [0.3, 0.4) is 0 Å². The lowest BCUT2D eigenvalue weighted by molar-refractivity contribution is -0.142. The molecule has 2 unspecified atom stereocenters. The van der Waals surface area contributed by atoms with Crippen molar-refractivity contribution in [2.24, 2.45) is 11.8 Å². The van der Waals surface area contributed by atoms with E-state index in [4.69, 9.17) is 5.11 Å². The maximum absolute atomic E-state index is 11.9. The molecule has 1 saturated heterocycles. The maximum atomic E-state index is 11.9. The molecule has 0 radical (unpaired) electrons. The molecule has 1 aliphatic heterocycles. The fraction of sp³-hybridized carbons (Fsp3) is 0.857. The Morgan fingerprint density at radius 1 is 1.64 bits per heavy atom. The molecule has 0 bridgehead atoms. The van der Waals surface area contributed by atoms with Crippen molar-refractivity contribution in [3.63, 3.8) is 0 Å². The Morgan fingerprint density at radius 3 is 2.91 bits per heavy atom. The van der Waals surface area contributed by atoms with E-state index in [0.717, 1.165) is 5.75 Å². The van der Waals surface area contributed by atoms with E-state index in [0.29, 0.717) is 12.2 Å². The molecule has 1 N–H and O–H groups in total. The van der Waals surface area contributed by atoms with Crippen molar-refractivity contribution in [1.29, 1.82) is 0 Å². The van der Waals surface area contributed by atoms with Crippen molar-refractivity contribution in [2.45, 2.75) is 6.42 Å². The highest BCUT2D eigenvalue weighted by atomic mass is 32.2. The third-order valence-electron chi connectivity index (χ3n) is 2.00. The molecule has 0 amide bonds. The van der Waals surface area contributed by atoms with Gasteiger partial charge in [0.25, 0.3) is 0 Å². The molecule has 0 aromatic rings. The second-order valence-corrected chi connectivity index (χ2v) is 3.79. The molecule has 11 heavy (non-hydrogen) atoms. The molecule has 0 aromatic carbocycles. The van der Waals surface area contributed by atoms with Gasteiger partial charge in [0.05, 0.1) is 12.6 Å². The van der Waals surface area contributed by atoms with Crippen LogP contribution in [-0.2, 0) is 4.79 Å². The molecule has 64 valence electrons. The largest absolute Gasteiger partial charge is 0.481 e. The van der Waals surface area contributed by atoms with Crippen LogP contribution in [0.4, 0.5) is 4.39 Å². The summed E-state index contributed by atoms with van der Waals surface area (Å²) in [6.45, 7) is -0.394. The SMILES string of the molecule is O=C(O)C1CSCC1CCF. The minimum atomic E-state index is -0.770. The van der Waals surface area contributed by atoms with Crippen molar-refractivity contribution in [2.75, 3.05) is 18.2 Å². The first-order chi connectivity index (χ1) is 5.25. The van der Waals surface area contributed by atoms with Gasteiger partial charge < -0.3 is 5.11 Å². The van der Waals surface area contributed by atoms with E-state index in [2.05, 4.69) is 0 Å². The van der Waals surface area contributed by atoms with Gasteiger partial charge in [-0.25, -0.2) is 0 Å². The third kappa shape index (κ3) is 2.09. The average molecular weight is 178 g/mol. The van der Waals surface area contributed by atoms with Crippen molar-refractivity contribution in [3.8, 4) is 0 Å². The zero-order valence-electron chi connectivity index (χ0n) is 6.12. The van der Waals surface area contributed by atoms with Crippen LogP contribution < -0.4 is 0 Å². The van der Waals surface area contributed by atoms with Crippen molar-refractivity contribution in [1.82, 2.24) is 0 Å². The number of thioether (sulfide) groups is 1. The molecule has 0 saturated carbocycles. The summed E-state index contributed by atoms with van der Waals surface area (Å²) in [5.41, 5.74) is 0. The number of carboxylic acids is 1. The topological polar surface area (TPSA) is 37.3 Å². The standard InChI is InChI=1S/C7H11FO2S/c8-2-1-5-3-11-4-6(5)7(9)10/h5-6H,1-4H2,(H,9,10). The number of hydrogen-bond donors (Lipinski definition) is 1. The number of carbonyl (C=O) groups is 1. The number of hydrogen-bond acceptors (Lipinski definition) is 2. The Bertz CT molecular complexity index is 151. The van der Waals surface area contributed by atoms with Crippen LogP contribution in [0.15, 0.2) is 0 Å². The highest BCUT2D eigenvalue weighted by Gasteiger charge is 2.32. The van der Waals surface area contributed by atoms with E-state index in [1.807, 2.05) is 0 Å². The van der Waals surface area contributed by atoms with Gasteiger partial charge in [-0.2, -0.15) is 11.8 Å². The number of rotatable bonds is 3. The summed E-state index contributed by atoms with van der Waals surface area (Å²) in [4.78, 5) is 10.6. The maximum Gasteiger partial charge on any atom is 0.307 e. The lowest BCUT2D eigenvalue weighted by Gasteiger charge is -2.11. The lowest BCUT2D eigenvalue weighted by atomic mass is 9.94. The highest BCUT2D eigenvalue weighted by molar-refractivity contribution is 7.99. The zero-order valence-corrected chi connectivity index (χ0v) is 6.94. The molecule has 1 fully saturated rings. The van der Waals surface area contributed by atoms with Crippen LogP contribution in [0.25, 0.3) is 0 Å². The van der Waals surface area contributed by atoms with E-state index < -0.39 is 12.6 Å². The minimum absolute atomic E-state index is 0.0579. The Balaban J connectivity index is 2.44. The average Bonchev–Trinajstić information content (AvgIpc) is 2.36. The zero-order chi connectivity index (χ0) is 8.27. The summed E-state index contributed by atoms with van der Waals surface area (Å²) in [5.74, 6) is 0.438. The molecule has 1 heterocycles. The molecule has 0 spiro atoms. The van der Waals surface area contributed by atoms with E-state index in [1.165, 1.54) is 0 Å². The summed E-state index contributed by atoms with van der Waals surface area (Å²) in [5, 5.41) is 8.67. The summed E-state index contributed by atoms with van der Waals surface area (Å²) in [7, 11) is 0. The van der Waals surface area contributed by atoms with Gasteiger partial charge in [0.15, 0.2) is 0 Å². The lowest BCUT2D eigenvalue weighted by Crippen LogP contribution is -2.22. The molecule has 1 rings (SSSR count). The third-order valence-corrected chi connectivity index (χ3v) is 3.25. The Labute approximate surface area is 69.2 Å². The van der Waals surface area contributed by atoms with Crippen molar-refractivity contribution in [3.05, 3.63) is 0 Å². The number of alkyl halides is 1. The van der Waals surface area contributed by atoms with Crippen LogP contribution in [0.5, 0.6) is 0 Å². The quantitative estimate of drug-likeness (QED) is 0.710. The Morgan fingerprint density at radius 2 is 2.36 bits per heavy atom. The van der Waals surface area contributed by atoms with Gasteiger partial charge in [0.1, 0.15) is 0 Å². The van der Waals surface area contributed by atoms with Crippen LogP contribution in [0.1, 0.15) is 6.42 Å².